The van der Waals surface area contributed by atoms with E-state index < -0.39 is 0 Å². The van der Waals surface area contributed by atoms with E-state index in [9.17, 15) is 0 Å². The zero-order valence-corrected chi connectivity index (χ0v) is 33.2. The highest BCUT2D eigenvalue weighted by molar-refractivity contribution is 6.24. The summed E-state index contributed by atoms with van der Waals surface area (Å²) in [4.78, 5) is 10.4. The summed E-state index contributed by atoms with van der Waals surface area (Å²) in [5.74, 6) is 0.685. The number of fused-ring (bicyclic) bond motifs is 3. The van der Waals surface area contributed by atoms with E-state index in [1.807, 2.05) is 12.1 Å². The molecule has 0 N–H and O–H groups in total. The van der Waals surface area contributed by atoms with Crippen LogP contribution in [0.1, 0.15) is 0 Å². The minimum Gasteiger partial charge on any atom is -0.232 e. The molecule has 0 aliphatic carbocycles. The third-order valence-corrected chi connectivity index (χ3v) is 11.4. The molecule has 11 aromatic rings. The maximum atomic E-state index is 5.45. The first-order valence-electron chi connectivity index (χ1n) is 20.6. The Morgan fingerprint density at radius 2 is 0.770 bits per heavy atom. The molecule has 0 radical (unpaired) electrons. The van der Waals surface area contributed by atoms with Crippen molar-refractivity contribution in [3.63, 3.8) is 0 Å². The van der Waals surface area contributed by atoms with Crippen molar-refractivity contribution in [1.29, 1.82) is 0 Å². The van der Waals surface area contributed by atoms with E-state index in [1.54, 1.807) is 0 Å². The maximum absolute atomic E-state index is 5.45. The Hall–Kier alpha value is -8.21. The highest BCUT2D eigenvalue weighted by Gasteiger charge is 2.25. The molecule has 0 fully saturated rings. The normalized spacial score (nSPS) is 11.3. The van der Waals surface area contributed by atoms with E-state index >= 15 is 0 Å². The Morgan fingerprint density at radius 3 is 1.41 bits per heavy atom. The van der Waals surface area contributed by atoms with Crippen molar-refractivity contribution in [3.05, 3.63) is 231 Å². The number of hydrogen-bond acceptors (Lipinski definition) is 3. The molecule has 4 heteroatoms. The Labute approximate surface area is 354 Å². The Morgan fingerprint density at radius 1 is 0.311 bits per heavy atom. The summed E-state index contributed by atoms with van der Waals surface area (Å²) < 4.78 is 2.13. The number of aromatic nitrogens is 4. The fourth-order valence-corrected chi connectivity index (χ4v) is 8.58. The zero-order valence-electron chi connectivity index (χ0n) is 33.2. The van der Waals surface area contributed by atoms with E-state index in [-0.39, 0.29) is 0 Å². The third-order valence-electron chi connectivity index (χ3n) is 11.4. The van der Waals surface area contributed by atoms with E-state index in [2.05, 4.69) is 223 Å². The van der Waals surface area contributed by atoms with Crippen LogP contribution in [0.25, 0.3) is 106 Å². The van der Waals surface area contributed by atoms with Crippen molar-refractivity contribution < 1.29 is 0 Å². The molecule has 4 nitrogen and oxygen atoms in total. The number of rotatable bonds is 8. The molecule has 9 aromatic carbocycles. The van der Waals surface area contributed by atoms with Gasteiger partial charge in [-0.15, -0.1) is 0 Å². The molecular formula is C57H38N4. The van der Waals surface area contributed by atoms with Gasteiger partial charge in [0.05, 0.1) is 22.6 Å². The van der Waals surface area contributed by atoms with Gasteiger partial charge in [0.25, 0.3) is 0 Å². The average Bonchev–Trinajstić information content (AvgIpc) is 3.76. The van der Waals surface area contributed by atoms with Gasteiger partial charge in [0.1, 0.15) is 5.69 Å². The van der Waals surface area contributed by atoms with Crippen LogP contribution in [0.2, 0.25) is 0 Å². The van der Waals surface area contributed by atoms with Crippen LogP contribution in [-0.2, 0) is 0 Å². The van der Waals surface area contributed by atoms with E-state index in [4.69, 9.17) is 15.1 Å². The lowest BCUT2D eigenvalue weighted by molar-refractivity contribution is 0.918. The van der Waals surface area contributed by atoms with E-state index in [1.165, 1.54) is 0 Å². The molecule has 11 rings (SSSR count). The molecule has 0 aliphatic heterocycles. The van der Waals surface area contributed by atoms with Gasteiger partial charge in [-0.25, -0.2) is 14.6 Å². The van der Waals surface area contributed by atoms with Crippen molar-refractivity contribution in [2.24, 2.45) is 0 Å². The van der Waals surface area contributed by atoms with Crippen LogP contribution >= 0.6 is 0 Å². The Kier molecular flexibility index (Phi) is 9.14. The molecule has 0 unspecified atom stereocenters. The fourth-order valence-electron chi connectivity index (χ4n) is 8.58. The number of nitrogens with zero attached hydrogens (tertiary/aromatic N) is 4. The lowest BCUT2D eigenvalue weighted by Gasteiger charge is -2.18. The van der Waals surface area contributed by atoms with Crippen LogP contribution in [0.15, 0.2) is 231 Å². The molecule has 0 atom stereocenters. The van der Waals surface area contributed by atoms with Gasteiger partial charge in [-0.1, -0.05) is 206 Å². The molecule has 0 saturated carbocycles. The van der Waals surface area contributed by atoms with Crippen molar-refractivity contribution in [2.45, 2.75) is 0 Å². The van der Waals surface area contributed by atoms with Gasteiger partial charge in [-0.2, -0.15) is 5.10 Å². The summed E-state index contributed by atoms with van der Waals surface area (Å²) >= 11 is 0. The van der Waals surface area contributed by atoms with Crippen LogP contribution in [0.4, 0.5) is 0 Å². The smallest absolute Gasteiger partial charge is 0.160 e. The van der Waals surface area contributed by atoms with Crippen molar-refractivity contribution in [2.75, 3.05) is 0 Å². The first-order valence-corrected chi connectivity index (χ1v) is 20.6. The Balaban J connectivity index is 1.13. The van der Waals surface area contributed by atoms with Crippen molar-refractivity contribution in [3.8, 4) is 84.2 Å². The second kappa shape index (κ2) is 15.5. The molecule has 2 heterocycles. The highest BCUT2D eigenvalue weighted by Crippen LogP contribution is 2.48. The monoisotopic (exact) mass is 778 g/mol. The zero-order chi connectivity index (χ0) is 40.5. The SMILES string of the molecule is c1ccc(-c2cccc(-c3nc(-c4ccccc4)cc(-c4ccc(-c5c(-c6ccccc6)c6c(-c7ccccc7)nn(-c7ccccc7)c6c6ccccc56)cc4)n3)c2)cc1. The largest absolute Gasteiger partial charge is 0.232 e. The summed E-state index contributed by atoms with van der Waals surface area (Å²) in [7, 11) is 0. The summed E-state index contributed by atoms with van der Waals surface area (Å²) in [6.07, 6.45) is 0. The standard InChI is InChI=1S/C57H38N4/c1-6-19-39(20-7-1)45-27-18-28-46(37-45)57-58-50(40-21-8-2-9-22-40)38-51(59-57)41-33-35-43(36-34-41)52-48-31-16-17-32-49(48)56-54(53(52)42-23-10-3-11-24-42)55(44-25-12-4-13-26-44)60-61(56)47-29-14-5-15-30-47/h1-38H. The summed E-state index contributed by atoms with van der Waals surface area (Å²) in [6.45, 7) is 0. The molecule has 0 bridgehead atoms. The van der Waals surface area contributed by atoms with Gasteiger partial charge in [0, 0.05) is 38.6 Å². The Bertz CT molecular complexity index is 3310. The molecule has 0 spiro atoms. The molecule has 0 amide bonds. The topological polar surface area (TPSA) is 43.6 Å². The molecule has 286 valence electrons. The van der Waals surface area contributed by atoms with Gasteiger partial charge in [0.2, 0.25) is 0 Å². The van der Waals surface area contributed by atoms with E-state index in [0.717, 1.165) is 100 Å². The van der Waals surface area contributed by atoms with Crippen molar-refractivity contribution >= 4 is 21.7 Å². The highest BCUT2D eigenvalue weighted by atomic mass is 15.3. The number of hydrogen-bond donors (Lipinski definition) is 0. The van der Waals surface area contributed by atoms with Crippen molar-refractivity contribution in [1.82, 2.24) is 19.7 Å². The molecule has 61 heavy (non-hydrogen) atoms. The molecule has 2 aromatic heterocycles. The minimum atomic E-state index is 0.685. The summed E-state index contributed by atoms with van der Waals surface area (Å²) in [5.41, 5.74) is 15.7. The third kappa shape index (κ3) is 6.67. The summed E-state index contributed by atoms with van der Waals surface area (Å²) in [5, 5.41) is 8.86. The van der Waals surface area contributed by atoms with Gasteiger partial charge in [0.15, 0.2) is 5.82 Å². The second-order valence-corrected chi connectivity index (χ2v) is 15.2. The van der Waals surface area contributed by atoms with Crippen LogP contribution in [0, 0.1) is 0 Å². The molecular weight excluding hydrogens is 741 g/mol. The second-order valence-electron chi connectivity index (χ2n) is 15.2. The van der Waals surface area contributed by atoms with Gasteiger partial charge >= 0.3 is 0 Å². The van der Waals surface area contributed by atoms with Crippen LogP contribution in [0.5, 0.6) is 0 Å². The number of para-hydroxylation sites is 1. The fraction of sp³-hybridized carbons (Fsp3) is 0. The average molecular weight is 779 g/mol. The van der Waals surface area contributed by atoms with Gasteiger partial charge < -0.3 is 0 Å². The lowest BCUT2D eigenvalue weighted by atomic mass is 9.85. The van der Waals surface area contributed by atoms with E-state index in [0.29, 0.717) is 5.82 Å². The van der Waals surface area contributed by atoms with Crippen LogP contribution in [-0.4, -0.2) is 19.7 Å². The minimum absolute atomic E-state index is 0.685. The first kappa shape index (κ1) is 35.9. The quantitative estimate of drug-likeness (QED) is 0.154. The summed E-state index contributed by atoms with van der Waals surface area (Å²) in [6, 6.07) is 80.9. The van der Waals surface area contributed by atoms with Crippen LogP contribution < -0.4 is 0 Å². The maximum Gasteiger partial charge on any atom is 0.160 e. The molecule has 0 aliphatic rings. The predicted molar refractivity (Wildman–Crippen MR) is 252 cm³/mol. The van der Waals surface area contributed by atoms with Gasteiger partial charge in [-0.05, 0) is 57.5 Å². The van der Waals surface area contributed by atoms with Crippen LogP contribution in [0.3, 0.4) is 0 Å². The number of benzene rings is 9. The van der Waals surface area contributed by atoms with Gasteiger partial charge in [-0.3, -0.25) is 0 Å². The molecule has 0 saturated heterocycles. The first-order chi connectivity index (χ1) is 30.3. The predicted octanol–water partition coefficient (Wildman–Crippen LogP) is 14.6. The lowest BCUT2D eigenvalue weighted by Crippen LogP contribution is -1.98.